The van der Waals surface area contributed by atoms with Gasteiger partial charge in [-0.3, -0.25) is 0 Å². The summed E-state index contributed by atoms with van der Waals surface area (Å²) in [6.07, 6.45) is 8.76. The number of rotatable bonds is 2. The minimum Gasteiger partial charge on any atom is -0.208 e. The second-order valence-electron chi connectivity index (χ2n) is 4.74. The zero-order valence-corrected chi connectivity index (χ0v) is 10.0. The molecule has 1 aromatic rings. The molecule has 0 N–H and O–H groups in total. The average molecular weight is 218 g/mol. The Bertz CT molecular complexity index is 391. The Morgan fingerprint density at radius 1 is 1.38 bits per heavy atom. The van der Waals surface area contributed by atoms with Gasteiger partial charge < -0.3 is 0 Å². The average Bonchev–Trinajstić information content (AvgIpc) is 2.68. The summed E-state index contributed by atoms with van der Waals surface area (Å²) >= 11 is 0. The van der Waals surface area contributed by atoms with Crippen molar-refractivity contribution >= 4 is 6.21 Å². The van der Waals surface area contributed by atoms with E-state index in [2.05, 4.69) is 42.1 Å². The van der Waals surface area contributed by atoms with Gasteiger partial charge in [-0.25, -0.2) is 4.68 Å². The van der Waals surface area contributed by atoms with E-state index >= 15 is 0 Å². The maximum Gasteiger partial charge on any atom is 0.141 e. The molecule has 0 aliphatic heterocycles. The summed E-state index contributed by atoms with van der Waals surface area (Å²) in [6, 6.07) is 0. The van der Waals surface area contributed by atoms with Gasteiger partial charge in [-0.05, 0) is 25.2 Å². The minimum absolute atomic E-state index is 0.506. The van der Waals surface area contributed by atoms with E-state index < -0.39 is 0 Å². The van der Waals surface area contributed by atoms with Gasteiger partial charge in [0.1, 0.15) is 12.7 Å². The van der Waals surface area contributed by atoms with Crippen molar-refractivity contribution in [3.05, 3.63) is 24.3 Å². The van der Waals surface area contributed by atoms with Crippen molar-refractivity contribution < 1.29 is 0 Å². The SMILES string of the molecule is CC1=C[C@@H](C)[C@H](/C=N\n2cnnc2)[C@H](C)C1. The van der Waals surface area contributed by atoms with Gasteiger partial charge in [0.25, 0.3) is 0 Å². The number of hydrogen-bond acceptors (Lipinski definition) is 3. The molecule has 1 aliphatic carbocycles. The van der Waals surface area contributed by atoms with Gasteiger partial charge in [0, 0.05) is 12.1 Å². The summed E-state index contributed by atoms with van der Waals surface area (Å²) in [5.74, 6) is 1.72. The zero-order valence-electron chi connectivity index (χ0n) is 10.0. The lowest BCUT2D eigenvalue weighted by molar-refractivity contribution is 0.361. The van der Waals surface area contributed by atoms with Gasteiger partial charge in [-0.15, -0.1) is 10.2 Å². The normalized spacial score (nSPS) is 30.7. The molecular formula is C12H18N4. The van der Waals surface area contributed by atoms with E-state index in [1.807, 2.05) is 6.21 Å². The van der Waals surface area contributed by atoms with Crippen molar-refractivity contribution in [2.75, 3.05) is 0 Å². The fourth-order valence-corrected chi connectivity index (χ4v) is 2.48. The Hall–Kier alpha value is -1.45. The first-order chi connectivity index (χ1) is 7.66. The number of aromatic nitrogens is 3. The third-order valence-corrected chi connectivity index (χ3v) is 3.23. The minimum atomic E-state index is 0.506. The number of hydrogen-bond donors (Lipinski definition) is 0. The van der Waals surface area contributed by atoms with Gasteiger partial charge in [0.05, 0.1) is 0 Å². The van der Waals surface area contributed by atoms with Crippen LogP contribution in [0.1, 0.15) is 27.2 Å². The summed E-state index contributed by atoms with van der Waals surface area (Å²) in [6.45, 7) is 6.75. The van der Waals surface area contributed by atoms with E-state index in [0.717, 1.165) is 0 Å². The Morgan fingerprint density at radius 3 is 2.69 bits per heavy atom. The summed E-state index contributed by atoms with van der Waals surface area (Å²) in [5.41, 5.74) is 1.49. The lowest BCUT2D eigenvalue weighted by atomic mass is 9.76. The highest BCUT2D eigenvalue weighted by molar-refractivity contribution is 5.62. The molecule has 0 bridgehead atoms. The molecule has 86 valence electrons. The molecule has 1 aliphatic rings. The van der Waals surface area contributed by atoms with Crippen LogP contribution in [0.5, 0.6) is 0 Å². The van der Waals surface area contributed by atoms with E-state index in [-0.39, 0.29) is 0 Å². The van der Waals surface area contributed by atoms with E-state index in [1.165, 1.54) is 12.0 Å². The molecule has 4 nitrogen and oxygen atoms in total. The molecule has 1 heterocycles. The van der Waals surface area contributed by atoms with Crippen molar-refractivity contribution in [2.45, 2.75) is 27.2 Å². The van der Waals surface area contributed by atoms with Crippen molar-refractivity contribution in [2.24, 2.45) is 22.9 Å². The topological polar surface area (TPSA) is 43.1 Å². The van der Waals surface area contributed by atoms with Gasteiger partial charge in [-0.2, -0.15) is 5.10 Å². The molecule has 4 heteroatoms. The second kappa shape index (κ2) is 4.60. The highest BCUT2D eigenvalue weighted by atomic mass is 15.4. The van der Waals surface area contributed by atoms with Crippen molar-refractivity contribution in [1.82, 2.24) is 14.9 Å². The van der Waals surface area contributed by atoms with E-state index in [4.69, 9.17) is 0 Å². The van der Waals surface area contributed by atoms with Crippen LogP contribution < -0.4 is 0 Å². The van der Waals surface area contributed by atoms with Crippen molar-refractivity contribution in [3.63, 3.8) is 0 Å². The molecule has 1 aromatic heterocycles. The highest BCUT2D eigenvalue weighted by Crippen LogP contribution is 2.32. The number of nitrogens with zero attached hydrogens (tertiary/aromatic N) is 4. The van der Waals surface area contributed by atoms with E-state index in [9.17, 15) is 0 Å². The third-order valence-electron chi connectivity index (χ3n) is 3.23. The Labute approximate surface area is 96.1 Å². The van der Waals surface area contributed by atoms with Gasteiger partial charge in [0.15, 0.2) is 0 Å². The van der Waals surface area contributed by atoms with Crippen LogP contribution in [0.4, 0.5) is 0 Å². The standard InChI is InChI=1S/C12H18N4/c1-9-4-10(2)12(11(3)5-9)6-15-16-7-13-14-8-16/h4,6-8,10-12H,5H2,1-3H3/b15-6-/t10-,11-,12+/m1/s1. The zero-order chi connectivity index (χ0) is 11.5. The number of allylic oxidation sites excluding steroid dienone is 2. The smallest absolute Gasteiger partial charge is 0.141 e. The van der Waals surface area contributed by atoms with Gasteiger partial charge in [0.2, 0.25) is 0 Å². The molecule has 0 aromatic carbocycles. The maximum atomic E-state index is 4.35. The first-order valence-corrected chi connectivity index (χ1v) is 5.73. The fraction of sp³-hybridized carbons (Fsp3) is 0.583. The molecule has 0 amide bonds. The quantitative estimate of drug-likeness (QED) is 0.565. The summed E-state index contributed by atoms with van der Waals surface area (Å²) in [4.78, 5) is 0. The van der Waals surface area contributed by atoms with E-state index in [1.54, 1.807) is 17.3 Å². The largest absolute Gasteiger partial charge is 0.208 e. The van der Waals surface area contributed by atoms with Crippen molar-refractivity contribution in [1.29, 1.82) is 0 Å². The van der Waals surface area contributed by atoms with Crippen LogP contribution in [0, 0.1) is 17.8 Å². The monoisotopic (exact) mass is 218 g/mol. The summed E-state index contributed by atoms with van der Waals surface area (Å²) < 4.78 is 1.64. The van der Waals surface area contributed by atoms with Crippen LogP contribution in [0.3, 0.4) is 0 Å². The third kappa shape index (κ3) is 2.38. The lowest BCUT2D eigenvalue weighted by Crippen LogP contribution is -2.24. The highest BCUT2D eigenvalue weighted by Gasteiger charge is 2.25. The van der Waals surface area contributed by atoms with E-state index in [0.29, 0.717) is 17.8 Å². The molecule has 2 rings (SSSR count). The first-order valence-electron chi connectivity index (χ1n) is 5.73. The molecule has 0 fully saturated rings. The van der Waals surface area contributed by atoms with Crippen LogP contribution in [0.25, 0.3) is 0 Å². The summed E-state index contributed by atoms with van der Waals surface area (Å²) in [7, 11) is 0. The molecule has 3 atom stereocenters. The fourth-order valence-electron chi connectivity index (χ4n) is 2.48. The summed E-state index contributed by atoms with van der Waals surface area (Å²) in [5, 5.41) is 11.8. The molecular weight excluding hydrogens is 200 g/mol. The molecule has 0 spiro atoms. The first kappa shape index (κ1) is 11.0. The predicted octanol–water partition coefficient (Wildman–Crippen LogP) is 2.35. The molecule has 0 radical (unpaired) electrons. The van der Waals surface area contributed by atoms with Gasteiger partial charge in [-0.1, -0.05) is 25.5 Å². The molecule has 0 unspecified atom stereocenters. The lowest BCUT2D eigenvalue weighted by Gasteiger charge is -2.29. The van der Waals surface area contributed by atoms with Crippen molar-refractivity contribution in [3.8, 4) is 0 Å². The van der Waals surface area contributed by atoms with Crippen LogP contribution >= 0.6 is 0 Å². The van der Waals surface area contributed by atoms with Crippen LogP contribution in [0.2, 0.25) is 0 Å². The Balaban J connectivity index is 2.10. The second-order valence-corrected chi connectivity index (χ2v) is 4.74. The molecule has 0 saturated heterocycles. The Morgan fingerprint density at radius 2 is 2.06 bits per heavy atom. The Kier molecular flexibility index (Phi) is 3.17. The van der Waals surface area contributed by atoms with Crippen LogP contribution in [-0.4, -0.2) is 21.1 Å². The maximum absolute atomic E-state index is 4.35. The molecule has 0 saturated carbocycles. The van der Waals surface area contributed by atoms with Crippen LogP contribution in [-0.2, 0) is 0 Å². The predicted molar refractivity (Wildman–Crippen MR) is 64.1 cm³/mol. The van der Waals surface area contributed by atoms with Crippen LogP contribution in [0.15, 0.2) is 29.4 Å². The molecule has 16 heavy (non-hydrogen) atoms. The van der Waals surface area contributed by atoms with Gasteiger partial charge >= 0.3 is 0 Å².